The number of hydrogen-bond donors (Lipinski definition) is 0. The monoisotopic (exact) mass is 372 g/mol. The van der Waals surface area contributed by atoms with Crippen molar-refractivity contribution in [1.29, 1.82) is 0 Å². The van der Waals surface area contributed by atoms with Crippen molar-refractivity contribution in [3.8, 4) is 0 Å². The van der Waals surface area contributed by atoms with Crippen LogP contribution in [-0.2, 0) is 21.2 Å². The highest BCUT2D eigenvalue weighted by Crippen LogP contribution is 2.23. The van der Waals surface area contributed by atoms with Gasteiger partial charge in [-0.25, -0.2) is 8.42 Å². The predicted octanol–water partition coefficient (Wildman–Crippen LogP) is 1.22. The lowest BCUT2D eigenvalue weighted by Crippen LogP contribution is -2.43. The van der Waals surface area contributed by atoms with E-state index in [9.17, 15) is 23.3 Å². The Kier molecular flexibility index (Phi) is 5.81. The molecule has 1 aromatic rings. The van der Waals surface area contributed by atoms with Crippen LogP contribution in [0.3, 0.4) is 0 Å². The Bertz CT molecular complexity index is 771. The Morgan fingerprint density at radius 1 is 1.44 bits per heavy atom. The molecule has 25 heavy (non-hydrogen) atoms. The van der Waals surface area contributed by atoms with Crippen LogP contribution in [0, 0.1) is 24.0 Å². The summed E-state index contributed by atoms with van der Waals surface area (Å²) in [5, 5.41) is 15.2. The molecule has 1 atom stereocenters. The van der Waals surface area contributed by atoms with Crippen LogP contribution in [0.25, 0.3) is 0 Å². The second kappa shape index (κ2) is 7.51. The first kappa shape index (κ1) is 19.4. The van der Waals surface area contributed by atoms with E-state index in [0.29, 0.717) is 18.7 Å². The topological polar surface area (TPSA) is 115 Å². The minimum Gasteiger partial charge on any atom is -0.337 e. The fourth-order valence-corrected chi connectivity index (χ4v) is 4.92. The number of sulfone groups is 1. The maximum Gasteiger partial charge on any atom is 0.312 e. The number of rotatable bonds is 7. The Labute approximate surface area is 147 Å². The molecule has 0 radical (unpaired) electrons. The van der Waals surface area contributed by atoms with Crippen molar-refractivity contribution < 1.29 is 18.1 Å². The van der Waals surface area contributed by atoms with Gasteiger partial charge in [-0.3, -0.25) is 19.6 Å². The smallest absolute Gasteiger partial charge is 0.312 e. The molecule has 1 saturated heterocycles. The van der Waals surface area contributed by atoms with Crippen LogP contribution in [-0.4, -0.2) is 58.0 Å². The van der Waals surface area contributed by atoms with Crippen molar-refractivity contribution in [2.75, 3.05) is 18.1 Å². The van der Waals surface area contributed by atoms with Crippen molar-refractivity contribution in [1.82, 2.24) is 14.7 Å². The average Bonchev–Trinajstić information content (AvgIpc) is 2.99. The fraction of sp³-hybridized carbons (Fsp3) is 0.733. The first-order valence-corrected chi connectivity index (χ1v) is 10.2. The lowest BCUT2D eigenvalue weighted by atomic mass is 10.2. The van der Waals surface area contributed by atoms with Crippen LogP contribution in [0.4, 0.5) is 5.69 Å². The number of carbonyl (C=O) groups excluding carboxylic acids is 1. The molecule has 2 rings (SSSR count). The van der Waals surface area contributed by atoms with Crippen LogP contribution in [0.15, 0.2) is 0 Å². The van der Waals surface area contributed by atoms with Crippen molar-refractivity contribution in [3.63, 3.8) is 0 Å². The zero-order valence-corrected chi connectivity index (χ0v) is 15.6. The van der Waals surface area contributed by atoms with E-state index in [-0.39, 0.29) is 41.4 Å². The second-order valence-electron chi connectivity index (χ2n) is 6.43. The summed E-state index contributed by atoms with van der Waals surface area (Å²) in [7, 11) is -3.10. The minimum atomic E-state index is -3.10. The summed E-state index contributed by atoms with van der Waals surface area (Å²) in [6.07, 6.45) is 2.10. The molecule has 1 amide bonds. The number of nitrogens with zero attached hydrogens (tertiary/aromatic N) is 4. The van der Waals surface area contributed by atoms with Crippen molar-refractivity contribution in [2.24, 2.45) is 0 Å². The van der Waals surface area contributed by atoms with Crippen molar-refractivity contribution >= 4 is 21.4 Å². The Hall–Kier alpha value is -1.97. The lowest BCUT2D eigenvalue weighted by molar-refractivity contribution is -0.386. The van der Waals surface area contributed by atoms with E-state index in [4.69, 9.17) is 0 Å². The summed E-state index contributed by atoms with van der Waals surface area (Å²) in [5.41, 5.74) is 0.500. The third-order valence-electron chi connectivity index (χ3n) is 4.53. The number of unbranched alkanes of at least 4 members (excludes halogenated alkanes) is 1. The third kappa shape index (κ3) is 4.36. The number of carbonyl (C=O) groups is 1. The van der Waals surface area contributed by atoms with Gasteiger partial charge in [0.2, 0.25) is 5.91 Å². The Morgan fingerprint density at radius 2 is 2.12 bits per heavy atom. The third-order valence-corrected chi connectivity index (χ3v) is 6.28. The molecule has 0 N–H and O–H groups in total. The summed E-state index contributed by atoms with van der Waals surface area (Å²) in [6.45, 7) is 5.45. The van der Waals surface area contributed by atoms with E-state index in [0.717, 1.165) is 12.8 Å². The standard InChI is InChI=1S/C15H24N4O5S/c1-4-5-7-17(13-6-8-25(23,24)10-13)14(20)9-18-12(3)15(19(21)22)11(2)16-18/h13H,4-10H2,1-3H3. The predicted molar refractivity (Wildman–Crippen MR) is 92.0 cm³/mol. The van der Waals surface area contributed by atoms with Gasteiger partial charge in [-0.05, 0) is 26.7 Å². The molecule has 1 aromatic heterocycles. The van der Waals surface area contributed by atoms with Crippen molar-refractivity contribution in [3.05, 3.63) is 21.5 Å². The summed E-state index contributed by atoms with van der Waals surface area (Å²) in [6, 6.07) is -0.323. The first-order chi connectivity index (χ1) is 11.7. The minimum absolute atomic E-state index is 0.0142. The van der Waals surface area contributed by atoms with E-state index in [1.165, 1.54) is 11.6 Å². The summed E-state index contributed by atoms with van der Waals surface area (Å²) in [5.74, 6) is -0.172. The molecule has 0 saturated carbocycles. The molecule has 140 valence electrons. The van der Waals surface area contributed by atoms with Gasteiger partial charge in [-0.1, -0.05) is 13.3 Å². The van der Waals surface area contributed by atoms with Crippen LogP contribution in [0.2, 0.25) is 0 Å². The molecular formula is C15H24N4O5S. The Morgan fingerprint density at radius 3 is 2.60 bits per heavy atom. The number of amides is 1. The molecule has 1 aliphatic heterocycles. The molecule has 0 aromatic carbocycles. The molecule has 2 heterocycles. The maximum atomic E-state index is 12.8. The van der Waals surface area contributed by atoms with Crippen LogP contribution in [0.1, 0.15) is 37.6 Å². The molecule has 0 bridgehead atoms. The van der Waals surface area contributed by atoms with Gasteiger partial charge in [0, 0.05) is 12.6 Å². The second-order valence-corrected chi connectivity index (χ2v) is 8.66. The van der Waals surface area contributed by atoms with Gasteiger partial charge in [0.1, 0.15) is 17.9 Å². The normalized spacial score (nSPS) is 19.1. The van der Waals surface area contributed by atoms with Crippen LogP contribution >= 0.6 is 0 Å². The van der Waals surface area contributed by atoms with Gasteiger partial charge in [0.25, 0.3) is 0 Å². The fourth-order valence-electron chi connectivity index (χ4n) is 3.19. The molecule has 1 aliphatic rings. The molecular weight excluding hydrogens is 348 g/mol. The van der Waals surface area contributed by atoms with Gasteiger partial charge in [0.15, 0.2) is 9.84 Å². The lowest BCUT2D eigenvalue weighted by Gasteiger charge is -2.28. The van der Waals surface area contributed by atoms with Gasteiger partial charge in [-0.2, -0.15) is 5.10 Å². The van der Waals surface area contributed by atoms with E-state index in [2.05, 4.69) is 5.10 Å². The highest BCUT2D eigenvalue weighted by atomic mass is 32.2. The average molecular weight is 372 g/mol. The quantitative estimate of drug-likeness (QED) is 0.525. The SMILES string of the molecule is CCCCN(C(=O)Cn1nc(C)c([N+](=O)[O-])c1C)C1CCS(=O)(=O)C1. The molecule has 9 nitrogen and oxygen atoms in total. The van der Waals surface area contributed by atoms with Crippen LogP contribution < -0.4 is 0 Å². The molecule has 0 spiro atoms. The summed E-state index contributed by atoms with van der Waals surface area (Å²) in [4.78, 5) is 25.0. The number of hydrogen-bond acceptors (Lipinski definition) is 6. The maximum absolute atomic E-state index is 12.8. The zero-order chi connectivity index (χ0) is 18.8. The first-order valence-electron chi connectivity index (χ1n) is 8.34. The van der Waals surface area contributed by atoms with E-state index in [1.54, 1.807) is 11.8 Å². The van der Waals surface area contributed by atoms with Gasteiger partial charge < -0.3 is 4.90 Å². The zero-order valence-electron chi connectivity index (χ0n) is 14.8. The summed E-state index contributed by atoms with van der Waals surface area (Å²) >= 11 is 0. The Balaban J connectivity index is 2.20. The van der Waals surface area contributed by atoms with Crippen molar-refractivity contribution in [2.45, 2.75) is 52.6 Å². The molecule has 10 heteroatoms. The van der Waals surface area contributed by atoms with Gasteiger partial charge >= 0.3 is 5.69 Å². The van der Waals surface area contributed by atoms with E-state index < -0.39 is 14.8 Å². The van der Waals surface area contributed by atoms with Crippen LogP contribution in [0.5, 0.6) is 0 Å². The largest absolute Gasteiger partial charge is 0.337 e. The van der Waals surface area contributed by atoms with Gasteiger partial charge in [-0.15, -0.1) is 0 Å². The van der Waals surface area contributed by atoms with E-state index >= 15 is 0 Å². The van der Waals surface area contributed by atoms with E-state index in [1.807, 2.05) is 6.92 Å². The number of aryl methyl sites for hydroxylation is 1. The molecule has 1 fully saturated rings. The molecule has 0 aliphatic carbocycles. The number of aromatic nitrogens is 2. The highest BCUT2D eigenvalue weighted by Gasteiger charge is 2.35. The highest BCUT2D eigenvalue weighted by molar-refractivity contribution is 7.91. The number of nitro groups is 1. The summed E-state index contributed by atoms with van der Waals surface area (Å²) < 4.78 is 24.8. The van der Waals surface area contributed by atoms with Gasteiger partial charge in [0.05, 0.1) is 16.4 Å². The molecule has 1 unspecified atom stereocenters.